The lowest BCUT2D eigenvalue weighted by atomic mass is 10.1. The van der Waals surface area contributed by atoms with Crippen LogP contribution in [0.15, 0.2) is 71.5 Å². The van der Waals surface area contributed by atoms with Crippen LogP contribution < -0.4 is 16.2 Å². The van der Waals surface area contributed by atoms with Gasteiger partial charge < -0.3 is 10.6 Å². The summed E-state index contributed by atoms with van der Waals surface area (Å²) < 4.78 is 1.14. The highest BCUT2D eigenvalue weighted by atomic mass is 16.2. The first-order valence-electron chi connectivity index (χ1n) is 8.78. The molecule has 0 spiro atoms. The van der Waals surface area contributed by atoms with Crippen molar-refractivity contribution in [3.63, 3.8) is 0 Å². The minimum atomic E-state index is -0.351. The van der Waals surface area contributed by atoms with Gasteiger partial charge in [0.05, 0.1) is 5.69 Å². The maximum absolute atomic E-state index is 12.3. The summed E-state index contributed by atoms with van der Waals surface area (Å²) in [4.78, 5) is 36.0. The van der Waals surface area contributed by atoms with Crippen molar-refractivity contribution in [1.29, 1.82) is 0 Å². The van der Waals surface area contributed by atoms with E-state index in [4.69, 9.17) is 0 Å². The highest BCUT2D eigenvalue weighted by Crippen LogP contribution is 2.13. The second-order valence-electron chi connectivity index (χ2n) is 6.14. The van der Waals surface area contributed by atoms with Crippen LogP contribution in [-0.2, 0) is 17.9 Å². The molecule has 142 valence electrons. The lowest BCUT2D eigenvalue weighted by Gasteiger charge is -2.09. The van der Waals surface area contributed by atoms with Gasteiger partial charge in [-0.05, 0) is 23.8 Å². The van der Waals surface area contributed by atoms with E-state index in [2.05, 4.69) is 15.7 Å². The maximum Gasteiger partial charge on any atom is 0.267 e. The predicted octanol–water partition coefficient (Wildman–Crippen LogP) is 1.59. The van der Waals surface area contributed by atoms with Crippen LogP contribution in [0, 0.1) is 0 Å². The number of nitrogens with one attached hydrogen (secondary N) is 2. The lowest BCUT2D eigenvalue weighted by molar-refractivity contribution is -0.122. The zero-order valence-corrected chi connectivity index (χ0v) is 15.4. The van der Waals surface area contributed by atoms with Crippen molar-refractivity contribution in [1.82, 2.24) is 20.4 Å². The fourth-order valence-corrected chi connectivity index (χ4v) is 2.68. The first-order valence-corrected chi connectivity index (χ1v) is 8.78. The Bertz CT molecular complexity index is 1040. The number of hydrogen-bond donors (Lipinski definition) is 2. The van der Waals surface area contributed by atoms with Crippen LogP contribution in [0.3, 0.4) is 0 Å². The Kier molecular flexibility index (Phi) is 5.96. The molecule has 0 aliphatic carbocycles. The van der Waals surface area contributed by atoms with Crippen LogP contribution in [0.1, 0.15) is 15.9 Å². The summed E-state index contributed by atoms with van der Waals surface area (Å²) >= 11 is 0. The quantitative estimate of drug-likeness (QED) is 0.683. The van der Waals surface area contributed by atoms with Gasteiger partial charge in [-0.2, -0.15) is 5.10 Å². The van der Waals surface area contributed by atoms with Crippen molar-refractivity contribution >= 4 is 11.8 Å². The number of carbonyl (C=O) groups excluding carboxylic acids is 2. The van der Waals surface area contributed by atoms with Crippen molar-refractivity contribution in [2.75, 3.05) is 7.05 Å². The Morgan fingerprint density at radius 2 is 1.79 bits per heavy atom. The topological polar surface area (TPSA) is 93.1 Å². The van der Waals surface area contributed by atoms with Crippen LogP contribution >= 0.6 is 0 Å². The van der Waals surface area contributed by atoms with Gasteiger partial charge in [-0.25, -0.2) is 4.68 Å². The molecule has 3 rings (SSSR count). The van der Waals surface area contributed by atoms with Gasteiger partial charge in [0, 0.05) is 30.8 Å². The summed E-state index contributed by atoms with van der Waals surface area (Å²) in [6.45, 7) is 0.0610. The van der Waals surface area contributed by atoms with Gasteiger partial charge in [0.1, 0.15) is 6.54 Å². The average Bonchev–Trinajstić information content (AvgIpc) is 2.74. The van der Waals surface area contributed by atoms with Crippen molar-refractivity contribution < 1.29 is 9.59 Å². The number of carbonyl (C=O) groups is 2. The predicted molar refractivity (Wildman–Crippen MR) is 106 cm³/mol. The van der Waals surface area contributed by atoms with Gasteiger partial charge in [-0.3, -0.25) is 14.4 Å². The van der Waals surface area contributed by atoms with Gasteiger partial charge in [0.2, 0.25) is 5.91 Å². The molecule has 0 unspecified atom stereocenters. The molecule has 0 radical (unpaired) electrons. The Hall–Kier alpha value is -3.74. The number of amides is 2. The third-order valence-corrected chi connectivity index (χ3v) is 4.14. The number of rotatable bonds is 6. The molecule has 0 fully saturated rings. The molecule has 0 atom stereocenters. The highest BCUT2D eigenvalue weighted by Gasteiger charge is 2.09. The van der Waals surface area contributed by atoms with E-state index in [-0.39, 0.29) is 30.5 Å². The molecule has 2 N–H and O–H groups in total. The van der Waals surface area contributed by atoms with E-state index in [9.17, 15) is 14.4 Å². The van der Waals surface area contributed by atoms with Crippen LogP contribution in [0.25, 0.3) is 11.3 Å². The summed E-state index contributed by atoms with van der Waals surface area (Å²) in [7, 11) is 1.56. The largest absolute Gasteiger partial charge is 0.355 e. The molecule has 0 bridgehead atoms. The van der Waals surface area contributed by atoms with E-state index in [1.807, 2.05) is 36.4 Å². The molecule has 2 amide bonds. The number of nitrogens with zero attached hydrogens (tertiary/aromatic N) is 2. The third-order valence-electron chi connectivity index (χ3n) is 4.14. The summed E-state index contributed by atoms with van der Waals surface area (Å²) in [5, 5.41) is 9.58. The van der Waals surface area contributed by atoms with Crippen molar-refractivity contribution in [2.24, 2.45) is 0 Å². The fraction of sp³-hybridized carbons (Fsp3) is 0.143. The SMILES string of the molecule is CNC(=O)c1cccc(CNC(=O)Cn2nc(-c3ccccc3)ccc2=O)c1. The average molecular weight is 376 g/mol. The Morgan fingerprint density at radius 1 is 1.00 bits per heavy atom. The van der Waals surface area contributed by atoms with Crippen molar-refractivity contribution in [2.45, 2.75) is 13.1 Å². The number of aromatic nitrogens is 2. The van der Waals surface area contributed by atoms with Crippen molar-refractivity contribution in [3.8, 4) is 11.3 Å². The van der Waals surface area contributed by atoms with E-state index >= 15 is 0 Å². The smallest absolute Gasteiger partial charge is 0.267 e. The molecule has 2 aromatic carbocycles. The summed E-state index contributed by atoms with van der Waals surface area (Å²) in [6, 6.07) is 19.4. The van der Waals surface area contributed by atoms with E-state index in [0.717, 1.165) is 15.8 Å². The molecule has 0 aliphatic rings. The molecule has 3 aromatic rings. The monoisotopic (exact) mass is 376 g/mol. The van der Waals surface area contributed by atoms with E-state index in [1.165, 1.54) is 6.07 Å². The molecule has 0 saturated heterocycles. The molecule has 0 saturated carbocycles. The maximum atomic E-state index is 12.3. The summed E-state index contributed by atoms with van der Waals surface area (Å²) in [5.41, 5.74) is 2.43. The van der Waals surface area contributed by atoms with Crippen LogP contribution in [0.5, 0.6) is 0 Å². The first-order chi connectivity index (χ1) is 13.6. The Morgan fingerprint density at radius 3 is 2.54 bits per heavy atom. The van der Waals surface area contributed by atoms with Gasteiger partial charge in [0.15, 0.2) is 0 Å². The molecule has 7 heteroatoms. The van der Waals surface area contributed by atoms with E-state index < -0.39 is 0 Å². The van der Waals surface area contributed by atoms with Gasteiger partial charge >= 0.3 is 0 Å². The second kappa shape index (κ2) is 8.77. The first kappa shape index (κ1) is 19.0. The van der Waals surface area contributed by atoms with E-state index in [0.29, 0.717) is 11.3 Å². The zero-order chi connectivity index (χ0) is 19.9. The van der Waals surface area contributed by atoms with Crippen LogP contribution in [0.2, 0.25) is 0 Å². The summed E-state index contributed by atoms with van der Waals surface area (Å²) in [6.07, 6.45) is 0. The molecule has 1 aromatic heterocycles. The van der Waals surface area contributed by atoms with Crippen LogP contribution in [-0.4, -0.2) is 28.6 Å². The minimum absolute atomic E-state index is 0.186. The lowest BCUT2D eigenvalue weighted by Crippen LogP contribution is -2.33. The molecular formula is C21H20N4O3. The molecule has 28 heavy (non-hydrogen) atoms. The van der Waals surface area contributed by atoms with E-state index in [1.54, 1.807) is 31.3 Å². The zero-order valence-electron chi connectivity index (χ0n) is 15.4. The highest BCUT2D eigenvalue weighted by molar-refractivity contribution is 5.94. The van der Waals surface area contributed by atoms with Gasteiger partial charge in [0.25, 0.3) is 11.5 Å². The number of benzene rings is 2. The molecule has 1 heterocycles. The fourth-order valence-electron chi connectivity index (χ4n) is 2.68. The Labute approximate surface area is 162 Å². The Balaban J connectivity index is 1.67. The minimum Gasteiger partial charge on any atom is -0.355 e. The third kappa shape index (κ3) is 4.70. The van der Waals surface area contributed by atoms with Crippen molar-refractivity contribution in [3.05, 3.63) is 88.2 Å². The summed E-state index contributed by atoms with van der Waals surface area (Å²) in [5.74, 6) is -0.535. The standard InChI is InChI=1S/C21H20N4O3/c1-22-21(28)17-9-5-6-15(12-17)13-23-19(26)14-25-20(27)11-10-18(24-25)16-7-3-2-4-8-16/h2-12H,13-14H2,1H3,(H,22,28)(H,23,26). The van der Waals surface area contributed by atoms with Crippen LogP contribution in [0.4, 0.5) is 0 Å². The van der Waals surface area contributed by atoms with Gasteiger partial charge in [-0.1, -0.05) is 42.5 Å². The second-order valence-corrected chi connectivity index (χ2v) is 6.14. The van der Waals surface area contributed by atoms with Gasteiger partial charge in [-0.15, -0.1) is 0 Å². The molecule has 7 nitrogen and oxygen atoms in total. The molecular weight excluding hydrogens is 356 g/mol. The number of hydrogen-bond acceptors (Lipinski definition) is 4. The normalized spacial score (nSPS) is 10.3. The molecule has 0 aliphatic heterocycles.